The monoisotopic (exact) mass is 437 g/mol. The van der Waals surface area contributed by atoms with E-state index in [-0.39, 0.29) is 17.4 Å². The standard InChI is InChI=1S/C23H27N5O4/c1-23(2)11-15-9-17(27-22(30)16-12-26-28-7-3-5-25-21(16)28)19(10-18(15)32-23)31-13-14-4-6-24-20(29)8-14/h3,5,7,9-10,12,14,20,24,29H,4,6,8,11,13H2,1-2H3,(H,27,30)/t14-,20?/m0/s1. The van der Waals surface area contributed by atoms with Crippen molar-refractivity contribution in [2.45, 2.75) is 44.9 Å². The summed E-state index contributed by atoms with van der Waals surface area (Å²) in [6, 6.07) is 5.53. The highest BCUT2D eigenvalue weighted by molar-refractivity contribution is 6.08. The Balaban J connectivity index is 1.41. The van der Waals surface area contributed by atoms with Gasteiger partial charge in [0.2, 0.25) is 0 Å². The van der Waals surface area contributed by atoms with Gasteiger partial charge in [0.05, 0.1) is 18.5 Å². The Labute approximate surface area is 185 Å². The van der Waals surface area contributed by atoms with Crippen LogP contribution in [0.2, 0.25) is 0 Å². The molecule has 4 heterocycles. The molecule has 0 saturated carbocycles. The highest BCUT2D eigenvalue weighted by atomic mass is 16.5. The number of carbonyl (C=O) groups excluding carboxylic acids is 1. The molecule has 5 rings (SSSR count). The van der Waals surface area contributed by atoms with E-state index in [1.165, 1.54) is 6.20 Å². The molecule has 9 heteroatoms. The fraction of sp³-hybridized carbons (Fsp3) is 0.435. The molecule has 9 nitrogen and oxygen atoms in total. The van der Waals surface area contributed by atoms with Crippen LogP contribution in [0.5, 0.6) is 11.5 Å². The third kappa shape index (κ3) is 4.13. The molecule has 1 saturated heterocycles. The average molecular weight is 438 g/mol. The molecule has 168 valence electrons. The summed E-state index contributed by atoms with van der Waals surface area (Å²) in [7, 11) is 0. The second-order valence-corrected chi connectivity index (χ2v) is 9.07. The Hall–Kier alpha value is -3.17. The lowest BCUT2D eigenvalue weighted by Gasteiger charge is -2.27. The minimum Gasteiger partial charge on any atom is -0.491 e. The first-order valence-electron chi connectivity index (χ1n) is 10.9. The number of benzene rings is 1. The van der Waals surface area contributed by atoms with Gasteiger partial charge in [0, 0.05) is 30.4 Å². The third-order valence-corrected chi connectivity index (χ3v) is 5.90. The number of anilines is 1. The Kier molecular flexibility index (Phi) is 5.22. The molecule has 32 heavy (non-hydrogen) atoms. The van der Waals surface area contributed by atoms with Crippen LogP contribution in [0, 0.1) is 5.92 Å². The minimum atomic E-state index is -0.510. The average Bonchev–Trinajstić information content (AvgIpc) is 3.31. The summed E-state index contributed by atoms with van der Waals surface area (Å²) in [6.07, 6.45) is 6.66. The van der Waals surface area contributed by atoms with E-state index in [9.17, 15) is 9.90 Å². The predicted octanol–water partition coefficient (Wildman–Crippen LogP) is 2.39. The molecule has 2 aliphatic heterocycles. The summed E-state index contributed by atoms with van der Waals surface area (Å²) in [5.41, 5.74) is 2.16. The van der Waals surface area contributed by atoms with Gasteiger partial charge in [-0.15, -0.1) is 0 Å². The van der Waals surface area contributed by atoms with Crippen LogP contribution in [0.3, 0.4) is 0 Å². The quantitative estimate of drug-likeness (QED) is 0.562. The molecule has 1 amide bonds. The maximum absolute atomic E-state index is 13.1. The van der Waals surface area contributed by atoms with Crippen molar-refractivity contribution in [3.05, 3.63) is 47.9 Å². The first-order valence-corrected chi connectivity index (χ1v) is 10.9. The number of aliphatic hydroxyl groups is 1. The summed E-state index contributed by atoms with van der Waals surface area (Å²) in [5.74, 6) is 1.24. The van der Waals surface area contributed by atoms with Crippen molar-refractivity contribution in [2.75, 3.05) is 18.5 Å². The van der Waals surface area contributed by atoms with Crippen molar-refractivity contribution in [2.24, 2.45) is 5.92 Å². The largest absolute Gasteiger partial charge is 0.491 e. The smallest absolute Gasteiger partial charge is 0.261 e. The second kappa shape index (κ2) is 8.07. The van der Waals surface area contributed by atoms with Crippen molar-refractivity contribution in [1.82, 2.24) is 19.9 Å². The van der Waals surface area contributed by atoms with Gasteiger partial charge < -0.3 is 19.9 Å². The number of hydrogen-bond donors (Lipinski definition) is 3. The molecule has 0 aliphatic carbocycles. The Morgan fingerprint density at radius 3 is 3.16 bits per heavy atom. The number of rotatable bonds is 5. The predicted molar refractivity (Wildman–Crippen MR) is 118 cm³/mol. The maximum atomic E-state index is 13.1. The van der Waals surface area contributed by atoms with Crippen LogP contribution in [-0.4, -0.2) is 50.6 Å². The number of amides is 1. The van der Waals surface area contributed by atoms with Crippen LogP contribution in [0.15, 0.2) is 36.8 Å². The van der Waals surface area contributed by atoms with E-state index >= 15 is 0 Å². The van der Waals surface area contributed by atoms with E-state index in [2.05, 4.69) is 20.7 Å². The first kappa shape index (κ1) is 20.7. The van der Waals surface area contributed by atoms with Crippen molar-refractivity contribution in [3.8, 4) is 11.5 Å². The van der Waals surface area contributed by atoms with Crippen LogP contribution < -0.4 is 20.1 Å². The van der Waals surface area contributed by atoms with Gasteiger partial charge in [0.15, 0.2) is 5.65 Å². The van der Waals surface area contributed by atoms with Gasteiger partial charge in [0.25, 0.3) is 5.91 Å². The fourth-order valence-corrected chi connectivity index (χ4v) is 4.36. The normalized spacial score (nSPS) is 21.7. The molecule has 0 spiro atoms. The zero-order valence-electron chi connectivity index (χ0n) is 18.2. The van der Waals surface area contributed by atoms with Gasteiger partial charge in [-0.2, -0.15) is 5.10 Å². The maximum Gasteiger partial charge on any atom is 0.261 e. The van der Waals surface area contributed by atoms with Crippen LogP contribution >= 0.6 is 0 Å². The third-order valence-electron chi connectivity index (χ3n) is 5.90. The number of hydrogen-bond acceptors (Lipinski definition) is 7. The molecule has 3 aromatic rings. The van der Waals surface area contributed by atoms with Crippen molar-refractivity contribution in [3.63, 3.8) is 0 Å². The van der Waals surface area contributed by atoms with E-state index in [4.69, 9.17) is 9.47 Å². The number of carbonyl (C=O) groups is 1. The number of nitrogens with one attached hydrogen (secondary N) is 2. The summed E-state index contributed by atoms with van der Waals surface area (Å²) >= 11 is 0. The second-order valence-electron chi connectivity index (χ2n) is 9.07. The highest BCUT2D eigenvalue weighted by Crippen LogP contribution is 2.41. The van der Waals surface area contributed by atoms with Gasteiger partial charge in [-0.05, 0) is 51.3 Å². The van der Waals surface area contributed by atoms with Crippen molar-refractivity contribution < 1.29 is 19.4 Å². The molecule has 2 aliphatic rings. The van der Waals surface area contributed by atoms with Gasteiger partial charge in [-0.25, -0.2) is 9.50 Å². The van der Waals surface area contributed by atoms with Crippen LogP contribution in [0.1, 0.15) is 42.6 Å². The molecular formula is C23H27N5O4. The molecule has 1 aromatic carbocycles. The molecule has 3 N–H and O–H groups in total. The van der Waals surface area contributed by atoms with E-state index in [0.29, 0.717) is 35.7 Å². The van der Waals surface area contributed by atoms with Crippen molar-refractivity contribution in [1.29, 1.82) is 0 Å². The van der Waals surface area contributed by atoms with Gasteiger partial charge >= 0.3 is 0 Å². The number of fused-ring (bicyclic) bond motifs is 2. The minimum absolute atomic E-state index is 0.226. The Morgan fingerprint density at radius 1 is 1.44 bits per heavy atom. The number of ether oxygens (including phenoxy) is 2. The molecule has 1 fully saturated rings. The first-order chi connectivity index (χ1) is 15.4. The van der Waals surface area contributed by atoms with Crippen molar-refractivity contribution >= 4 is 17.2 Å². The Morgan fingerprint density at radius 2 is 2.31 bits per heavy atom. The summed E-state index contributed by atoms with van der Waals surface area (Å²) < 4.78 is 13.8. The number of piperidine rings is 1. The molecule has 0 bridgehead atoms. The zero-order valence-corrected chi connectivity index (χ0v) is 18.2. The van der Waals surface area contributed by atoms with E-state index in [1.807, 2.05) is 26.0 Å². The number of nitrogens with zero attached hydrogens (tertiary/aromatic N) is 3. The van der Waals surface area contributed by atoms with Gasteiger partial charge in [-0.3, -0.25) is 10.1 Å². The van der Waals surface area contributed by atoms with Gasteiger partial charge in [0.1, 0.15) is 28.9 Å². The molecule has 1 unspecified atom stereocenters. The lowest BCUT2D eigenvalue weighted by atomic mass is 9.98. The summed E-state index contributed by atoms with van der Waals surface area (Å²) in [5, 5.41) is 20.1. The van der Waals surface area contributed by atoms with E-state index < -0.39 is 6.23 Å². The topological polar surface area (TPSA) is 110 Å². The zero-order chi connectivity index (χ0) is 22.3. The SMILES string of the molecule is CC1(C)Cc2cc(NC(=O)c3cnn4cccnc34)c(OC[C@H]3CCNC(O)C3)cc2O1. The molecule has 2 aromatic heterocycles. The lowest BCUT2D eigenvalue weighted by Crippen LogP contribution is -2.39. The molecule has 2 atom stereocenters. The van der Waals surface area contributed by atoms with Crippen LogP contribution in [0.25, 0.3) is 5.65 Å². The van der Waals surface area contributed by atoms with Crippen LogP contribution in [0.4, 0.5) is 5.69 Å². The fourth-order valence-electron chi connectivity index (χ4n) is 4.36. The van der Waals surface area contributed by atoms with Gasteiger partial charge in [-0.1, -0.05) is 0 Å². The molecule has 0 radical (unpaired) electrons. The number of aliphatic hydroxyl groups excluding tert-OH is 1. The molecular weight excluding hydrogens is 410 g/mol. The van der Waals surface area contributed by atoms with E-state index in [1.54, 1.807) is 23.0 Å². The highest BCUT2D eigenvalue weighted by Gasteiger charge is 2.32. The lowest BCUT2D eigenvalue weighted by molar-refractivity contribution is 0.0643. The van der Waals surface area contributed by atoms with E-state index in [0.717, 1.165) is 30.7 Å². The summed E-state index contributed by atoms with van der Waals surface area (Å²) in [6.45, 7) is 5.27. The van der Waals surface area contributed by atoms with Crippen LogP contribution in [-0.2, 0) is 6.42 Å². The number of aromatic nitrogens is 3. The Bertz CT molecular complexity index is 1160. The summed E-state index contributed by atoms with van der Waals surface area (Å²) in [4.78, 5) is 17.4.